The van der Waals surface area contributed by atoms with Gasteiger partial charge in [0.1, 0.15) is 5.75 Å². The Hall–Kier alpha value is -0.580. The fourth-order valence-electron chi connectivity index (χ4n) is 1.05. The Labute approximate surface area is 122 Å². The van der Waals surface area contributed by atoms with Crippen LogP contribution < -0.4 is 4.74 Å². The first-order valence-electron chi connectivity index (χ1n) is 4.38. The van der Waals surface area contributed by atoms with Gasteiger partial charge in [0.2, 0.25) is 0 Å². The monoisotopic (exact) mass is 439 g/mol. The van der Waals surface area contributed by atoms with Crippen molar-refractivity contribution in [3.63, 3.8) is 0 Å². The first kappa shape index (κ1) is 15.5. The van der Waals surface area contributed by atoms with Crippen molar-refractivity contribution >= 4 is 44.5 Å². The molecular weight excluding hydrogens is 434 g/mol. The number of nitrogens with zero attached hydrogens (tertiary/aromatic N) is 1. The zero-order chi connectivity index (χ0) is 13.9. The number of hydrogen-bond donors (Lipinski definition) is 0. The molecule has 1 rings (SSSR count). The number of pyridine rings is 1. The van der Waals surface area contributed by atoms with E-state index in [0.29, 0.717) is 0 Å². The molecule has 9 heteroatoms. The molecule has 4 nitrogen and oxygen atoms in total. The van der Waals surface area contributed by atoms with Crippen molar-refractivity contribution in [1.29, 1.82) is 0 Å². The summed E-state index contributed by atoms with van der Waals surface area (Å²) in [5.74, 6) is -1.31. The number of rotatable bonds is 3. The maximum atomic E-state index is 12.2. The Morgan fingerprint density at radius 3 is 2.61 bits per heavy atom. The van der Waals surface area contributed by atoms with E-state index < -0.39 is 18.1 Å². The van der Waals surface area contributed by atoms with Crippen LogP contribution in [0.25, 0.3) is 0 Å². The number of aromatic nitrogens is 1. The summed E-state index contributed by atoms with van der Waals surface area (Å²) < 4.78 is 45.0. The van der Waals surface area contributed by atoms with E-state index in [1.807, 2.05) is 0 Å². The Kier molecular flexibility index (Phi) is 5.20. The molecule has 1 aromatic heterocycles. The van der Waals surface area contributed by atoms with Crippen molar-refractivity contribution < 1.29 is 27.4 Å². The highest BCUT2D eigenvalue weighted by Crippen LogP contribution is 2.31. The first-order chi connectivity index (χ1) is 8.28. The van der Waals surface area contributed by atoms with Crippen LogP contribution in [0.5, 0.6) is 5.75 Å². The van der Waals surface area contributed by atoms with E-state index >= 15 is 0 Å². The second-order valence-electron chi connectivity index (χ2n) is 2.94. The third-order valence-corrected chi connectivity index (χ3v) is 3.43. The van der Waals surface area contributed by atoms with Gasteiger partial charge in [0.15, 0.2) is 5.69 Å². The quantitative estimate of drug-likeness (QED) is 0.412. The SMILES string of the molecule is COC(=O)c1cc(OC(F)(F)F)c(I)c(CBr)n1. The molecule has 0 unspecified atom stereocenters. The van der Waals surface area contributed by atoms with Crippen molar-refractivity contribution in [2.45, 2.75) is 11.7 Å². The Morgan fingerprint density at radius 1 is 1.56 bits per heavy atom. The van der Waals surface area contributed by atoms with Gasteiger partial charge in [0, 0.05) is 11.4 Å². The van der Waals surface area contributed by atoms with Crippen LogP contribution in [0.3, 0.4) is 0 Å². The third-order valence-electron chi connectivity index (χ3n) is 1.74. The minimum Gasteiger partial charge on any atom is -0.464 e. The minimum atomic E-state index is -4.84. The first-order valence-corrected chi connectivity index (χ1v) is 6.58. The molecule has 18 heavy (non-hydrogen) atoms. The van der Waals surface area contributed by atoms with Gasteiger partial charge in [-0.3, -0.25) is 0 Å². The van der Waals surface area contributed by atoms with Crippen LogP contribution in [-0.4, -0.2) is 24.4 Å². The van der Waals surface area contributed by atoms with Gasteiger partial charge in [-0.15, -0.1) is 13.2 Å². The number of methoxy groups -OCH3 is 1. The van der Waals surface area contributed by atoms with Gasteiger partial charge < -0.3 is 9.47 Å². The fraction of sp³-hybridized carbons (Fsp3) is 0.333. The molecule has 100 valence electrons. The molecule has 0 radical (unpaired) electrons. The zero-order valence-corrected chi connectivity index (χ0v) is 12.6. The van der Waals surface area contributed by atoms with E-state index in [1.54, 1.807) is 22.6 Å². The van der Waals surface area contributed by atoms with E-state index in [4.69, 9.17) is 0 Å². The summed E-state index contributed by atoms with van der Waals surface area (Å²) in [4.78, 5) is 15.1. The van der Waals surface area contributed by atoms with Crippen LogP contribution in [-0.2, 0) is 10.1 Å². The summed E-state index contributed by atoms with van der Waals surface area (Å²) in [6.45, 7) is 0. The predicted octanol–water partition coefficient (Wildman–Crippen LogP) is 3.27. The van der Waals surface area contributed by atoms with Crippen LogP contribution >= 0.6 is 38.5 Å². The second kappa shape index (κ2) is 6.04. The molecule has 1 aromatic rings. The summed E-state index contributed by atoms with van der Waals surface area (Å²) in [6.07, 6.45) is -4.84. The molecule has 0 aliphatic carbocycles. The van der Waals surface area contributed by atoms with E-state index in [9.17, 15) is 18.0 Å². The predicted molar refractivity (Wildman–Crippen MR) is 67.6 cm³/mol. The molecule has 0 atom stereocenters. The van der Waals surface area contributed by atoms with Crippen LogP contribution in [0.15, 0.2) is 6.07 Å². The van der Waals surface area contributed by atoms with E-state index in [2.05, 4.69) is 30.4 Å². The van der Waals surface area contributed by atoms with Gasteiger partial charge in [-0.1, -0.05) is 15.9 Å². The molecule has 0 aliphatic rings. The molecule has 1 heterocycles. The molecule has 0 aliphatic heterocycles. The summed E-state index contributed by atoms with van der Waals surface area (Å²) in [6, 6.07) is 0.896. The number of hydrogen-bond acceptors (Lipinski definition) is 4. The van der Waals surface area contributed by atoms with E-state index in [-0.39, 0.29) is 20.3 Å². The number of esters is 1. The van der Waals surface area contributed by atoms with Gasteiger partial charge in [-0.2, -0.15) is 0 Å². The lowest BCUT2D eigenvalue weighted by molar-refractivity contribution is -0.275. The smallest absolute Gasteiger partial charge is 0.464 e. The molecular formula is C9H6BrF3INO3. The van der Waals surface area contributed by atoms with Gasteiger partial charge in [0.25, 0.3) is 0 Å². The van der Waals surface area contributed by atoms with Crippen LogP contribution in [0.1, 0.15) is 16.2 Å². The van der Waals surface area contributed by atoms with Crippen molar-refractivity contribution in [2.24, 2.45) is 0 Å². The standard InChI is InChI=1S/C9H6BrF3INO3/c1-17-8(16)4-2-6(18-9(11,12)13)7(14)5(3-10)15-4/h2H,3H2,1H3. The van der Waals surface area contributed by atoms with Gasteiger partial charge >= 0.3 is 12.3 Å². The summed E-state index contributed by atoms with van der Waals surface area (Å²) in [7, 11) is 1.11. The summed E-state index contributed by atoms with van der Waals surface area (Å²) in [5, 5.41) is 0.185. The van der Waals surface area contributed by atoms with Crippen LogP contribution in [0, 0.1) is 3.57 Å². The number of alkyl halides is 4. The lowest BCUT2D eigenvalue weighted by Crippen LogP contribution is -2.19. The summed E-state index contributed by atoms with van der Waals surface area (Å²) in [5.41, 5.74) is 0.0179. The lowest BCUT2D eigenvalue weighted by Gasteiger charge is -2.13. The highest BCUT2D eigenvalue weighted by atomic mass is 127. The van der Waals surface area contributed by atoms with Gasteiger partial charge in [0.05, 0.1) is 16.4 Å². The Bertz CT molecular complexity index is 467. The number of carbonyl (C=O) groups excluding carboxylic acids is 1. The normalized spacial score (nSPS) is 11.2. The molecule has 0 fully saturated rings. The second-order valence-corrected chi connectivity index (χ2v) is 4.58. The maximum absolute atomic E-state index is 12.2. The molecule has 0 saturated carbocycles. The molecule has 0 amide bonds. The molecule has 0 spiro atoms. The van der Waals surface area contributed by atoms with Crippen LogP contribution in [0.2, 0.25) is 0 Å². The Balaban J connectivity index is 3.27. The number of carbonyl (C=O) groups is 1. The van der Waals surface area contributed by atoms with Gasteiger partial charge in [-0.25, -0.2) is 9.78 Å². The van der Waals surface area contributed by atoms with Crippen molar-refractivity contribution in [3.05, 3.63) is 21.0 Å². The van der Waals surface area contributed by atoms with Crippen molar-refractivity contribution in [2.75, 3.05) is 7.11 Å². The lowest BCUT2D eigenvalue weighted by atomic mass is 10.3. The van der Waals surface area contributed by atoms with E-state index in [1.165, 1.54) is 0 Å². The fourth-order valence-corrected chi connectivity index (χ4v) is 2.56. The average molecular weight is 440 g/mol. The average Bonchev–Trinajstić information content (AvgIpc) is 2.29. The maximum Gasteiger partial charge on any atom is 0.573 e. The van der Waals surface area contributed by atoms with Crippen molar-refractivity contribution in [3.8, 4) is 5.75 Å². The summed E-state index contributed by atoms with van der Waals surface area (Å²) >= 11 is 4.73. The van der Waals surface area contributed by atoms with E-state index in [0.717, 1.165) is 13.2 Å². The molecule has 0 aromatic carbocycles. The van der Waals surface area contributed by atoms with Crippen molar-refractivity contribution in [1.82, 2.24) is 4.98 Å². The minimum absolute atomic E-state index is 0.175. The number of ether oxygens (including phenoxy) is 2. The highest BCUT2D eigenvalue weighted by molar-refractivity contribution is 14.1. The zero-order valence-electron chi connectivity index (χ0n) is 8.85. The number of halogens is 5. The topological polar surface area (TPSA) is 48.4 Å². The Morgan fingerprint density at radius 2 is 2.17 bits per heavy atom. The molecule has 0 saturated heterocycles. The third kappa shape index (κ3) is 3.97. The van der Waals surface area contributed by atoms with Gasteiger partial charge in [-0.05, 0) is 22.6 Å². The largest absolute Gasteiger partial charge is 0.573 e. The molecule has 0 bridgehead atoms. The highest BCUT2D eigenvalue weighted by Gasteiger charge is 2.33. The molecule has 0 N–H and O–H groups in total. The van der Waals surface area contributed by atoms with Crippen LogP contribution in [0.4, 0.5) is 13.2 Å².